The van der Waals surface area contributed by atoms with Gasteiger partial charge in [0.25, 0.3) is 0 Å². The lowest BCUT2D eigenvalue weighted by molar-refractivity contribution is 0.607. The molecule has 1 aromatic carbocycles. The van der Waals surface area contributed by atoms with Gasteiger partial charge in [-0.15, -0.1) is 0 Å². The van der Waals surface area contributed by atoms with Gasteiger partial charge in [-0.3, -0.25) is 0 Å². The van der Waals surface area contributed by atoms with Gasteiger partial charge in [0.05, 0.1) is 11.2 Å². The standard InChI is InChI=1S/C10H5BrClF2N3/c11-5-2-1-4(8(14)7(5)12)9-6(13)3-16-10(15)17-9/h1-3H,(H2,15,16,17). The summed E-state index contributed by atoms with van der Waals surface area (Å²) in [5, 5.41) is -0.140. The van der Waals surface area contributed by atoms with Crippen molar-refractivity contribution in [3.63, 3.8) is 0 Å². The number of hydrogen-bond acceptors (Lipinski definition) is 3. The first-order valence-electron chi connectivity index (χ1n) is 4.42. The van der Waals surface area contributed by atoms with Crippen LogP contribution in [0.15, 0.2) is 22.8 Å². The van der Waals surface area contributed by atoms with Crippen molar-refractivity contribution in [3.8, 4) is 11.3 Å². The van der Waals surface area contributed by atoms with Crippen LogP contribution in [0.1, 0.15) is 0 Å². The Kier molecular flexibility index (Phi) is 3.26. The minimum absolute atomic E-state index is 0.0650. The smallest absolute Gasteiger partial charge is 0.220 e. The molecule has 1 heterocycles. The van der Waals surface area contributed by atoms with E-state index in [1.54, 1.807) is 0 Å². The molecule has 2 rings (SSSR count). The number of benzene rings is 1. The average molecular weight is 321 g/mol. The van der Waals surface area contributed by atoms with E-state index in [1.807, 2.05) is 0 Å². The predicted molar refractivity (Wildman–Crippen MR) is 64.5 cm³/mol. The van der Waals surface area contributed by atoms with Crippen LogP contribution in [0.4, 0.5) is 14.7 Å². The number of nitrogens with two attached hydrogens (primary N) is 1. The van der Waals surface area contributed by atoms with E-state index >= 15 is 0 Å². The van der Waals surface area contributed by atoms with Crippen molar-refractivity contribution in [2.45, 2.75) is 0 Å². The quantitative estimate of drug-likeness (QED) is 0.819. The van der Waals surface area contributed by atoms with Gasteiger partial charge in [0.15, 0.2) is 11.6 Å². The number of aromatic nitrogens is 2. The fourth-order valence-corrected chi connectivity index (χ4v) is 1.75. The second-order valence-corrected chi connectivity index (χ2v) is 4.38. The second-order valence-electron chi connectivity index (χ2n) is 3.15. The topological polar surface area (TPSA) is 51.8 Å². The molecule has 0 aliphatic heterocycles. The van der Waals surface area contributed by atoms with Crippen LogP contribution in [0.2, 0.25) is 5.02 Å². The fraction of sp³-hybridized carbons (Fsp3) is 0. The van der Waals surface area contributed by atoms with Crippen LogP contribution in [-0.2, 0) is 0 Å². The number of nitrogens with zero attached hydrogens (tertiary/aromatic N) is 2. The molecule has 0 radical (unpaired) electrons. The number of nitrogen functional groups attached to an aromatic ring is 1. The largest absolute Gasteiger partial charge is 0.368 e. The third-order valence-corrected chi connectivity index (χ3v) is 3.31. The number of anilines is 1. The molecule has 0 fully saturated rings. The zero-order chi connectivity index (χ0) is 12.6. The summed E-state index contributed by atoms with van der Waals surface area (Å²) in [5.74, 6) is -1.67. The van der Waals surface area contributed by atoms with Crippen molar-refractivity contribution < 1.29 is 8.78 Å². The number of rotatable bonds is 1. The summed E-state index contributed by atoms with van der Waals surface area (Å²) >= 11 is 8.77. The van der Waals surface area contributed by atoms with Crippen LogP contribution in [0.3, 0.4) is 0 Å². The van der Waals surface area contributed by atoms with Gasteiger partial charge in [-0.2, -0.15) is 0 Å². The third-order valence-electron chi connectivity index (χ3n) is 2.05. The van der Waals surface area contributed by atoms with E-state index in [2.05, 4.69) is 25.9 Å². The normalized spacial score (nSPS) is 10.6. The van der Waals surface area contributed by atoms with Gasteiger partial charge in [-0.05, 0) is 28.1 Å². The summed E-state index contributed by atoms with van der Waals surface area (Å²) in [6.07, 6.45) is 0.882. The molecule has 3 nitrogen and oxygen atoms in total. The zero-order valence-corrected chi connectivity index (χ0v) is 10.6. The van der Waals surface area contributed by atoms with Crippen molar-refractivity contribution in [2.24, 2.45) is 0 Å². The first-order chi connectivity index (χ1) is 8.00. The van der Waals surface area contributed by atoms with Crippen molar-refractivity contribution in [1.29, 1.82) is 0 Å². The molecule has 0 saturated carbocycles. The maximum absolute atomic E-state index is 13.8. The summed E-state index contributed by atoms with van der Waals surface area (Å²) < 4.78 is 27.7. The Morgan fingerprint density at radius 1 is 1.29 bits per heavy atom. The van der Waals surface area contributed by atoms with Crippen LogP contribution >= 0.6 is 27.5 Å². The molecule has 1 aromatic heterocycles. The highest BCUT2D eigenvalue weighted by Gasteiger charge is 2.16. The zero-order valence-electron chi connectivity index (χ0n) is 8.22. The van der Waals surface area contributed by atoms with Gasteiger partial charge in [-0.25, -0.2) is 18.7 Å². The molecule has 0 unspecified atom stereocenters. The van der Waals surface area contributed by atoms with Crippen LogP contribution in [-0.4, -0.2) is 9.97 Å². The molecule has 88 valence electrons. The van der Waals surface area contributed by atoms with Crippen LogP contribution in [0.25, 0.3) is 11.3 Å². The first-order valence-corrected chi connectivity index (χ1v) is 5.59. The van der Waals surface area contributed by atoms with E-state index in [-0.39, 0.29) is 22.2 Å². The lowest BCUT2D eigenvalue weighted by atomic mass is 10.1. The summed E-state index contributed by atoms with van der Waals surface area (Å²) in [6, 6.07) is 2.86. The molecule has 0 atom stereocenters. The Bertz CT molecular complexity index is 592. The van der Waals surface area contributed by atoms with E-state index in [0.717, 1.165) is 6.20 Å². The summed E-state index contributed by atoms with van der Waals surface area (Å²) in [6.45, 7) is 0. The molecule has 0 bridgehead atoms. The molecule has 0 aliphatic carbocycles. The van der Waals surface area contributed by atoms with Gasteiger partial charge in [-0.1, -0.05) is 11.6 Å². The first kappa shape index (κ1) is 12.2. The van der Waals surface area contributed by atoms with Crippen molar-refractivity contribution in [3.05, 3.63) is 39.5 Å². The lowest BCUT2D eigenvalue weighted by Crippen LogP contribution is -2.00. The van der Waals surface area contributed by atoms with E-state index in [0.29, 0.717) is 4.47 Å². The van der Waals surface area contributed by atoms with Crippen LogP contribution < -0.4 is 5.73 Å². The lowest BCUT2D eigenvalue weighted by Gasteiger charge is -2.06. The molecule has 2 N–H and O–H groups in total. The summed E-state index contributed by atoms with van der Waals surface area (Å²) in [4.78, 5) is 7.11. The minimum atomic E-state index is -0.767. The van der Waals surface area contributed by atoms with Crippen molar-refractivity contribution >= 4 is 33.5 Å². The molecule has 0 saturated heterocycles. The Morgan fingerprint density at radius 3 is 2.71 bits per heavy atom. The molecule has 0 aliphatic rings. The van der Waals surface area contributed by atoms with E-state index < -0.39 is 11.6 Å². The highest BCUT2D eigenvalue weighted by atomic mass is 79.9. The summed E-state index contributed by atoms with van der Waals surface area (Å²) in [7, 11) is 0. The monoisotopic (exact) mass is 319 g/mol. The second kappa shape index (κ2) is 4.54. The molecule has 0 amide bonds. The van der Waals surface area contributed by atoms with Crippen molar-refractivity contribution in [2.75, 3.05) is 5.73 Å². The van der Waals surface area contributed by atoms with Crippen LogP contribution in [0, 0.1) is 11.6 Å². The molecular weight excluding hydrogens is 315 g/mol. The number of halogens is 4. The molecule has 7 heteroatoms. The summed E-state index contributed by atoms with van der Waals surface area (Å²) in [5.41, 5.74) is 5.05. The Balaban J connectivity index is 2.69. The molecule has 17 heavy (non-hydrogen) atoms. The van der Waals surface area contributed by atoms with Crippen LogP contribution in [0.5, 0.6) is 0 Å². The Labute approximate surface area is 109 Å². The third kappa shape index (κ3) is 2.23. The maximum atomic E-state index is 13.8. The molecule has 2 aromatic rings. The highest BCUT2D eigenvalue weighted by molar-refractivity contribution is 9.10. The fourth-order valence-electron chi connectivity index (χ4n) is 1.28. The van der Waals surface area contributed by atoms with E-state index in [1.165, 1.54) is 12.1 Å². The number of hydrogen-bond donors (Lipinski definition) is 1. The molecular formula is C10H5BrClF2N3. The Morgan fingerprint density at radius 2 is 2.00 bits per heavy atom. The van der Waals surface area contributed by atoms with Gasteiger partial charge < -0.3 is 5.73 Å². The maximum Gasteiger partial charge on any atom is 0.220 e. The van der Waals surface area contributed by atoms with Gasteiger partial charge in [0.2, 0.25) is 5.95 Å². The predicted octanol–water partition coefficient (Wildman–Crippen LogP) is 3.42. The minimum Gasteiger partial charge on any atom is -0.368 e. The van der Waals surface area contributed by atoms with Gasteiger partial charge in [0.1, 0.15) is 5.69 Å². The van der Waals surface area contributed by atoms with E-state index in [9.17, 15) is 8.78 Å². The highest BCUT2D eigenvalue weighted by Crippen LogP contribution is 2.33. The molecule has 0 spiro atoms. The van der Waals surface area contributed by atoms with Crippen molar-refractivity contribution in [1.82, 2.24) is 9.97 Å². The van der Waals surface area contributed by atoms with Gasteiger partial charge in [0, 0.05) is 10.0 Å². The SMILES string of the molecule is Nc1ncc(F)c(-c2ccc(Br)c(Cl)c2F)n1. The average Bonchev–Trinajstić information content (AvgIpc) is 2.30. The Hall–Kier alpha value is -1.27. The van der Waals surface area contributed by atoms with Gasteiger partial charge >= 0.3 is 0 Å². The van der Waals surface area contributed by atoms with E-state index in [4.69, 9.17) is 17.3 Å².